The van der Waals surface area contributed by atoms with E-state index in [1.54, 1.807) is 24.2 Å². The summed E-state index contributed by atoms with van der Waals surface area (Å²) < 4.78 is 0. The molecule has 0 saturated carbocycles. The Morgan fingerprint density at radius 3 is 2.70 bits per heavy atom. The van der Waals surface area contributed by atoms with Gasteiger partial charge in [0, 0.05) is 26.0 Å². The zero-order chi connectivity index (χ0) is 14.7. The smallest absolute Gasteiger partial charge is 0.256 e. The Hall–Kier alpha value is -1.87. The van der Waals surface area contributed by atoms with E-state index >= 15 is 0 Å². The van der Waals surface area contributed by atoms with Gasteiger partial charge in [0.15, 0.2) is 0 Å². The molecule has 0 bridgehead atoms. The summed E-state index contributed by atoms with van der Waals surface area (Å²) in [5.41, 5.74) is 3.96. The highest BCUT2D eigenvalue weighted by atomic mass is 35.5. The first-order chi connectivity index (χ1) is 9.49. The molecule has 0 spiro atoms. The van der Waals surface area contributed by atoms with Gasteiger partial charge in [-0.15, -0.1) is 0 Å². The number of hydrogen-bond donors (Lipinski definition) is 0. The van der Waals surface area contributed by atoms with Gasteiger partial charge in [-0.1, -0.05) is 35.4 Å². The predicted octanol–water partition coefficient (Wildman–Crippen LogP) is 3.62. The van der Waals surface area contributed by atoms with Gasteiger partial charge in [0.2, 0.25) is 0 Å². The Morgan fingerprint density at radius 1 is 1.30 bits per heavy atom. The van der Waals surface area contributed by atoms with Crippen molar-refractivity contribution in [3.8, 4) is 0 Å². The summed E-state index contributed by atoms with van der Waals surface area (Å²) in [5, 5.41) is 0.428. The van der Waals surface area contributed by atoms with E-state index in [0.29, 0.717) is 17.1 Å². The molecule has 20 heavy (non-hydrogen) atoms. The van der Waals surface area contributed by atoms with Gasteiger partial charge in [-0.25, -0.2) is 0 Å². The van der Waals surface area contributed by atoms with Crippen LogP contribution in [0.2, 0.25) is 5.02 Å². The quantitative estimate of drug-likeness (QED) is 0.864. The topological polar surface area (TPSA) is 33.2 Å². The van der Waals surface area contributed by atoms with Crippen LogP contribution in [0.15, 0.2) is 36.7 Å². The standard InChI is InChI=1S/C16H17ClN2O/c1-11-4-5-13(12(2)8-11)10-19(3)16(20)14-9-18-7-6-15(14)17/h4-9H,10H2,1-3H3. The molecule has 1 aromatic carbocycles. The lowest BCUT2D eigenvalue weighted by Gasteiger charge is -2.19. The fourth-order valence-electron chi connectivity index (χ4n) is 2.09. The molecule has 1 heterocycles. The van der Waals surface area contributed by atoms with Crippen molar-refractivity contribution >= 4 is 17.5 Å². The maximum absolute atomic E-state index is 12.3. The van der Waals surface area contributed by atoms with Crippen molar-refractivity contribution in [1.29, 1.82) is 0 Å². The summed E-state index contributed by atoms with van der Waals surface area (Å²) in [6.45, 7) is 4.66. The molecule has 2 rings (SSSR count). The summed E-state index contributed by atoms with van der Waals surface area (Å²) in [4.78, 5) is 18.0. The number of aryl methyl sites for hydroxylation is 2. The Kier molecular flexibility index (Phi) is 4.40. The predicted molar refractivity (Wildman–Crippen MR) is 81.0 cm³/mol. The highest BCUT2D eigenvalue weighted by molar-refractivity contribution is 6.33. The monoisotopic (exact) mass is 288 g/mol. The van der Waals surface area contributed by atoms with E-state index in [4.69, 9.17) is 11.6 Å². The zero-order valence-corrected chi connectivity index (χ0v) is 12.6. The van der Waals surface area contributed by atoms with Gasteiger partial charge in [-0.2, -0.15) is 0 Å². The average molecular weight is 289 g/mol. The van der Waals surface area contributed by atoms with Gasteiger partial charge in [-0.05, 0) is 31.0 Å². The molecule has 1 aromatic heterocycles. The molecule has 104 valence electrons. The van der Waals surface area contributed by atoms with Crippen molar-refractivity contribution < 1.29 is 4.79 Å². The van der Waals surface area contributed by atoms with Gasteiger partial charge in [0.25, 0.3) is 5.91 Å². The summed E-state index contributed by atoms with van der Waals surface area (Å²) >= 11 is 6.03. The number of carbonyl (C=O) groups excluding carboxylic acids is 1. The van der Waals surface area contributed by atoms with Crippen molar-refractivity contribution in [3.05, 3.63) is 63.9 Å². The molecule has 0 fully saturated rings. The maximum atomic E-state index is 12.3. The molecule has 4 heteroatoms. The van der Waals surface area contributed by atoms with Crippen LogP contribution in [-0.4, -0.2) is 22.8 Å². The van der Waals surface area contributed by atoms with Crippen LogP contribution in [-0.2, 0) is 6.54 Å². The van der Waals surface area contributed by atoms with Crippen LogP contribution in [0.3, 0.4) is 0 Å². The SMILES string of the molecule is Cc1ccc(CN(C)C(=O)c2cnccc2Cl)c(C)c1. The summed E-state index contributed by atoms with van der Waals surface area (Å²) in [6, 6.07) is 7.85. The van der Waals surface area contributed by atoms with E-state index in [1.807, 2.05) is 0 Å². The fraction of sp³-hybridized carbons (Fsp3) is 0.250. The van der Waals surface area contributed by atoms with Crippen LogP contribution in [0.1, 0.15) is 27.0 Å². The first-order valence-corrected chi connectivity index (χ1v) is 6.78. The number of benzene rings is 1. The molecular weight excluding hydrogens is 272 g/mol. The summed E-state index contributed by atoms with van der Waals surface area (Å²) in [6.07, 6.45) is 3.08. The highest BCUT2D eigenvalue weighted by Gasteiger charge is 2.16. The van der Waals surface area contributed by atoms with E-state index in [2.05, 4.69) is 37.0 Å². The number of carbonyl (C=O) groups is 1. The molecule has 1 amide bonds. The second-order valence-corrected chi connectivity index (χ2v) is 5.35. The summed E-state index contributed by atoms with van der Waals surface area (Å²) in [7, 11) is 1.77. The van der Waals surface area contributed by atoms with Crippen molar-refractivity contribution in [2.24, 2.45) is 0 Å². The molecule has 3 nitrogen and oxygen atoms in total. The minimum Gasteiger partial charge on any atom is -0.337 e. The van der Waals surface area contributed by atoms with Gasteiger partial charge in [-0.3, -0.25) is 9.78 Å². The Morgan fingerprint density at radius 2 is 2.05 bits per heavy atom. The third kappa shape index (κ3) is 3.17. The first-order valence-electron chi connectivity index (χ1n) is 6.40. The third-order valence-corrected chi connectivity index (χ3v) is 3.58. The zero-order valence-electron chi connectivity index (χ0n) is 11.9. The minimum absolute atomic E-state index is 0.122. The fourth-order valence-corrected chi connectivity index (χ4v) is 2.28. The highest BCUT2D eigenvalue weighted by Crippen LogP contribution is 2.18. The van der Waals surface area contributed by atoms with Crippen LogP contribution in [0.4, 0.5) is 0 Å². The lowest BCUT2D eigenvalue weighted by Crippen LogP contribution is -2.27. The molecule has 0 aliphatic heterocycles. The van der Waals surface area contributed by atoms with Crippen LogP contribution < -0.4 is 0 Å². The average Bonchev–Trinajstić information content (AvgIpc) is 2.41. The Labute approximate surface area is 124 Å². The normalized spacial score (nSPS) is 10.4. The molecule has 0 radical (unpaired) electrons. The minimum atomic E-state index is -0.122. The largest absolute Gasteiger partial charge is 0.337 e. The Bertz CT molecular complexity index is 640. The van der Waals surface area contributed by atoms with E-state index < -0.39 is 0 Å². The number of hydrogen-bond acceptors (Lipinski definition) is 2. The van der Waals surface area contributed by atoms with Crippen LogP contribution >= 0.6 is 11.6 Å². The number of rotatable bonds is 3. The third-order valence-electron chi connectivity index (χ3n) is 3.25. The summed E-state index contributed by atoms with van der Waals surface area (Å²) in [5.74, 6) is -0.122. The van der Waals surface area contributed by atoms with Gasteiger partial charge >= 0.3 is 0 Å². The van der Waals surface area contributed by atoms with Gasteiger partial charge in [0.1, 0.15) is 0 Å². The van der Waals surface area contributed by atoms with Crippen molar-refractivity contribution in [3.63, 3.8) is 0 Å². The number of halogens is 1. The Balaban J connectivity index is 2.18. The van der Waals surface area contributed by atoms with Crippen molar-refractivity contribution in [2.75, 3.05) is 7.05 Å². The van der Waals surface area contributed by atoms with Crippen LogP contribution in [0.5, 0.6) is 0 Å². The van der Waals surface area contributed by atoms with Crippen molar-refractivity contribution in [1.82, 2.24) is 9.88 Å². The number of nitrogens with zero attached hydrogens (tertiary/aromatic N) is 2. The first kappa shape index (κ1) is 14.5. The molecule has 0 aliphatic rings. The second kappa shape index (κ2) is 6.06. The molecular formula is C16H17ClN2O. The molecule has 0 unspecified atom stereocenters. The number of aromatic nitrogens is 1. The van der Waals surface area contributed by atoms with Gasteiger partial charge < -0.3 is 4.90 Å². The molecule has 0 saturated heterocycles. The number of pyridine rings is 1. The molecule has 2 aromatic rings. The number of amides is 1. The molecule has 0 atom stereocenters. The van der Waals surface area contributed by atoms with Crippen LogP contribution in [0, 0.1) is 13.8 Å². The lowest BCUT2D eigenvalue weighted by molar-refractivity contribution is 0.0784. The van der Waals surface area contributed by atoms with Crippen LogP contribution in [0.25, 0.3) is 0 Å². The van der Waals surface area contributed by atoms with E-state index in [9.17, 15) is 4.79 Å². The molecule has 0 N–H and O–H groups in total. The second-order valence-electron chi connectivity index (χ2n) is 4.95. The molecule has 0 aliphatic carbocycles. The van der Waals surface area contributed by atoms with Crippen molar-refractivity contribution in [2.45, 2.75) is 20.4 Å². The van der Waals surface area contributed by atoms with E-state index in [1.165, 1.54) is 17.3 Å². The lowest BCUT2D eigenvalue weighted by atomic mass is 10.1. The van der Waals surface area contributed by atoms with E-state index in [-0.39, 0.29) is 5.91 Å². The maximum Gasteiger partial charge on any atom is 0.256 e. The van der Waals surface area contributed by atoms with Gasteiger partial charge in [0.05, 0.1) is 10.6 Å². The van der Waals surface area contributed by atoms with E-state index in [0.717, 1.165) is 5.56 Å².